The average Bonchev–Trinajstić information content (AvgIpc) is 3.27. The first kappa shape index (κ1) is 58.4. The van der Waals surface area contributed by atoms with Crippen LogP contribution in [0.1, 0.15) is 239 Å². The van der Waals surface area contributed by atoms with Crippen LogP contribution in [-0.2, 0) is 14.3 Å². The van der Waals surface area contributed by atoms with Gasteiger partial charge in [0.15, 0.2) is 6.29 Å². The summed E-state index contributed by atoms with van der Waals surface area (Å²) in [5.74, 6) is -0.191. The molecule has 1 heterocycles. The molecule has 6 N–H and O–H groups in total. The van der Waals surface area contributed by atoms with E-state index in [1.54, 1.807) is 6.08 Å². The standard InChI is InChI=1S/C53H99NO8/c1-3-5-7-9-11-13-15-17-18-19-20-21-22-23-24-25-26-27-28-29-31-32-34-36-38-40-42-47(56)46(45-61-53-52(60)51(59)50(58)48(44-55)62-53)54-49(57)43-41-39-37-35-33-30-16-14-12-10-8-6-4-2/h8,10,14,16,40,42,46-48,50-53,55-56,58-60H,3-7,9,11-13,15,17-39,41,43-45H2,1-2H3,(H,54,57)/b10-8-,16-14-,42-40+. The second kappa shape index (κ2) is 43.3. The largest absolute Gasteiger partial charge is 0.394 e. The maximum absolute atomic E-state index is 13.0. The van der Waals surface area contributed by atoms with E-state index in [9.17, 15) is 30.3 Å². The Morgan fingerprint density at radius 1 is 0.548 bits per heavy atom. The molecule has 9 heteroatoms. The molecule has 1 saturated heterocycles. The van der Waals surface area contributed by atoms with Crippen molar-refractivity contribution < 1.29 is 39.8 Å². The summed E-state index contributed by atoms with van der Waals surface area (Å²) in [6.45, 7) is 3.71. The molecule has 1 rings (SSSR count). The van der Waals surface area contributed by atoms with E-state index < -0.39 is 49.5 Å². The highest BCUT2D eigenvalue weighted by atomic mass is 16.7. The monoisotopic (exact) mass is 878 g/mol. The van der Waals surface area contributed by atoms with E-state index >= 15 is 0 Å². The number of hydrogen-bond donors (Lipinski definition) is 6. The Kier molecular flexibility index (Phi) is 40.8. The van der Waals surface area contributed by atoms with E-state index in [0.717, 1.165) is 70.6 Å². The van der Waals surface area contributed by atoms with E-state index in [0.29, 0.717) is 6.42 Å². The minimum Gasteiger partial charge on any atom is -0.394 e. The molecule has 1 aliphatic rings. The molecule has 0 spiro atoms. The highest BCUT2D eigenvalue weighted by Crippen LogP contribution is 2.23. The molecule has 0 aromatic carbocycles. The molecule has 0 saturated carbocycles. The van der Waals surface area contributed by atoms with Crippen LogP contribution in [0, 0.1) is 0 Å². The van der Waals surface area contributed by atoms with Gasteiger partial charge in [-0.05, 0) is 44.9 Å². The van der Waals surface area contributed by atoms with Crippen LogP contribution in [0.25, 0.3) is 0 Å². The number of aliphatic hydroxyl groups is 5. The Morgan fingerprint density at radius 3 is 1.45 bits per heavy atom. The summed E-state index contributed by atoms with van der Waals surface area (Å²) in [5, 5.41) is 54.3. The topological polar surface area (TPSA) is 149 Å². The zero-order valence-electron chi connectivity index (χ0n) is 40.1. The van der Waals surface area contributed by atoms with Crippen LogP contribution < -0.4 is 5.32 Å². The van der Waals surface area contributed by atoms with E-state index in [1.807, 2.05) is 6.08 Å². The second-order valence-electron chi connectivity index (χ2n) is 18.3. The zero-order chi connectivity index (χ0) is 45.1. The quantitative estimate of drug-likeness (QED) is 0.0262. The maximum Gasteiger partial charge on any atom is 0.220 e. The van der Waals surface area contributed by atoms with Crippen molar-refractivity contribution in [2.24, 2.45) is 0 Å². The van der Waals surface area contributed by atoms with Crippen LogP contribution in [0.15, 0.2) is 36.5 Å². The van der Waals surface area contributed by atoms with Gasteiger partial charge in [-0.25, -0.2) is 0 Å². The maximum atomic E-state index is 13.0. The highest BCUT2D eigenvalue weighted by Gasteiger charge is 2.44. The fraction of sp³-hybridized carbons (Fsp3) is 0.868. The van der Waals surface area contributed by atoms with Gasteiger partial charge in [0.25, 0.3) is 0 Å². The fourth-order valence-corrected chi connectivity index (χ4v) is 8.25. The Balaban J connectivity index is 2.23. The van der Waals surface area contributed by atoms with Crippen molar-refractivity contribution in [3.05, 3.63) is 36.5 Å². The first-order chi connectivity index (χ1) is 30.3. The van der Waals surface area contributed by atoms with Gasteiger partial charge in [-0.1, -0.05) is 224 Å². The third kappa shape index (κ3) is 33.0. The lowest BCUT2D eigenvalue weighted by atomic mass is 9.99. The van der Waals surface area contributed by atoms with Gasteiger partial charge in [-0.2, -0.15) is 0 Å². The normalized spacial score (nSPS) is 20.5. The third-order valence-corrected chi connectivity index (χ3v) is 12.4. The van der Waals surface area contributed by atoms with Crippen LogP contribution in [0.4, 0.5) is 0 Å². The summed E-state index contributed by atoms with van der Waals surface area (Å²) in [7, 11) is 0. The summed E-state index contributed by atoms with van der Waals surface area (Å²) in [4.78, 5) is 13.0. The van der Waals surface area contributed by atoms with Crippen molar-refractivity contribution in [1.82, 2.24) is 5.32 Å². The van der Waals surface area contributed by atoms with Crippen molar-refractivity contribution in [1.29, 1.82) is 0 Å². The Bertz CT molecular complexity index is 1070. The average molecular weight is 878 g/mol. The predicted octanol–water partition coefficient (Wildman–Crippen LogP) is 12.0. The van der Waals surface area contributed by atoms with Gasteiger partial charge in [-0.15, -0.1) is 0 Å². The molecule has 364 valence electrons. The van der Waals surface area contributed by atoms with Gasteiger partial charge in [0.1, 0.15) is 24.4 Å². The molecular formula is C53H99NO8. The predicted molar refractivity (Wildman–Crippen MR) is 258 cm³/mol. The Morgan fingerprint density at radius 2 is 0.984 bits per heavy atom. The van der Waals surface area contributed by atoms with Crippen LogP contribution in [0.3, 0.4) is 0 Å². The summed E-state index contributed by atoms with van der Waals surface area (Å²) in [6.07, 6.45) is 47.8. The van der Waals surface area contributed by atoms with Gasteiger partial charge in [-0.3, -0.25) is 4.79 Å². The van der Waals surface area contributed by atoms with E-state index in [4.69, 9.17) is 9.47 Å². The van der Waals surface area contributed by atoms with Crippen molar-refractivity contribution in [3.63, 3.8) is 0 Å². The fourth-order valence-electron chi connectivity index (χ4n) is 8.25. The van der Waals surface area contributed by atoms with Gasteiger partial charge in [0.2, 0.25) is 5.91 Å². The summed E-state index contributed by atoms with van der Waals surface area (Å²) < 4.78 is 11.2. The molecule has 7 atom stereocenters. The number of nitrogens with one attached hydrogen (secondary N) is 1. The molecule has 1 aliphatic heterocycles. The Hall–Kier alpha value is -1.59. The molecule has 0 aromatic rings. The number of unbranched alkanes of at least 4 members (excludes halogenated alkanes) is 30. The lowest BCUT2D eigenvalue weighted by Gasteiger charge is -2.40. The van der Waals surface area contributed by atoms with Crippen molar-refractivity contribution in [2.45, 2.75) is 281 Å². The Labute approximate surface area is 381 Å². The number of ether oxygens (including phenoxy) is 2. The molecule has 1 amide bonds. The van der Waals surface area contributed by atoms with E-state index in [-0.39, 0.29) is 12.5 Å². The van der Waals surface area contributed by atoms with Crippen LogP contribution >= 0.6 is 0 Å². The first-order valence-electron chi connectivity index (χ1n) is 26.2. The lowest BCUT2D eigenvalue weighted by Crippen LogP contribution is -2.60. The second-order valence-corrected chi connectivity index (χ2v) is 18.3. The number of carbonyl (C=O) groups excluding carboxylic acids is 1. The third-order valence-electron chi connectivity index (χ3n) is 12.4. The van der Waals surface area contributed by atoms with Crippen LogP contribution in [-0.4, -0.2) is 87.5 Å². The first-order valence-corrected chi connectivity index (χ1v) is 26.2. The smallest absolute Gasteiger partial charge is 0.220 e. The van der Waals surface area contributed by atoms with Crippen LogP contribution in [0.2, 0.25) is 0 Å². The lowest BCUT2D eigenvalue weighted by molar-refractivity contribution is -0.302. The highest BCUT2D eigenvalue weighted by molar-refractivity contribution is 5.76. The molecule has 9 nitrogen and oxygen atoms in total. The number of hydrogen-bond acceptors (Lipinski definition) is 8. The molecule has 0 aromatic heterocycles. The number of amides is 1. The molecular weight excluding hydrogens is 779 g/mol. The van der Waals surface area contributed by atoms with Gasteiger partial charge < -0.3 is 40.3 Å². The minimum absolute atomic E-state index is 0.191. The molecule has 1 fully saturated rings. The summed E-state index contributed by atoms with van der Waals surface area (Å²) in [6, 6.07) is -0.811. The van der Waals surface area contributed by atoms with Gasteiger partial charge in [0, 0.05) is 6.42 Å². The minimum atomic E-state index is -1.57. The van der Waals surface area contributed by atoms with Crippen molar-refractivity contribution >= 4 is 5.91 Å². The number of carbonyl (C=O) groups is 1. The van der Waals surface area contributed by atoms with Crippen molar-refractivity contribution in [2.75, 3.05) is 13.2 Å². The van der Waals surface area contributed by atoms with E-state index in [2.05, 4.69) is 43.5 Å². The van der Waals surface area contributed by atoms with Gasteiger partial charge in [0.05, 0.1) is 25.4 Å². The summed E-state index contributed by atoms with van der Waals surface area (Å²) in [5.41, 5.74) is 0. The van der Waals surface area contributed by atoms with Crippen LogP contribution in [0.5, 0.6) is 0 Å². The molecule has 7 unspecified atom stereocenters. The summed E-state index contributed by atoms with van der Waals surface area (Å²) >= 11 is 0. The number of allylic oxidation sites excluding steroid dienone is 5. The van der Waals surface area contributed by atoms with Crippen molar-refractivity contribution in [3.8, 4) is 0 Å². The van der Waals surface area contributed by atoms with Gasteiger partial charge >= 0.3 is 0 Å². The molecule has 62 heavy (non-hydrogen) atoms. The number of aliphatic hydroxyl groups excluding tert-OH is 5. The molecule has 0 bridgehead atoms. The SMILES string of the molecule is CCC/C=C\C/C=C\CCCCCCCC(=O)NC(COC1OC(CO)C(O)C(O)C1O)C(O)/C=C/CCCCCCCCCCCCCCCCCCCCCCCCCC. The molecule has 0 radical (unpaired) electrons. The van der Waals surface area contributed by atoms with E-state index in [1.165, 1.54) is 148 Å². The number of rotatable bonds is 44. The molecule has 0 aliphatic carbocycles. The zero-order valence-corrected chi connectivity index (χ0v) is 40.1.